The molecule has 0 saturated heterocycles. The molecule has 104 valence electrons. The molecule has 0 aliphatic carbocycles. The van der Waals surface area contributed by atoms with Gasteiger partial charge in [0.1, 0.15) is 5.75 Å². The van der Waals surface area contributed by atoms with E-state index in [0.717, 1.165) is 5.56 Å². The molecule has 4 nitrogen and oxygen atoms in total. The second kappa shape index (κ2) is 5.79. The van der Waals surface area contributed by atoms with Gasteiger partial charge in [-0.25, -0.2) is 8.42 Å². The zero-order valence-electron chi connectivity index (χ0n) is 11.0. The van der Waals surface area contributed by atoms with Gasteiger partial charge in [0.25, 0.3) is 10.0 Å². The minimum Gasteiger partial charge on any atom is -0.497 e. The number of sulfonamides is 1. The molecule has 2 aromatic rings. The van der Waals surface area contributed by atoms with Gasteiger partial charge in [0.2, 0.25) is 0 Å². The number of ether oxygens (including phenoxy) is 1. The van der Waals surface area contributed by atoms with Crippen LogP contribution in [-0.4, -0.2) is 15.5 Å². The molecule has 0 radical (unpaired) electrons. The molecule has 0 unspecified atom stereocenters. The average molecular weight is 289 g/mol. The molecule has 0 aliphatic rings. The highest BCUT2D eigenvalue weighted by atomic mass is 32.2. The third-order valence-electron chi connectivity index (χ3n) is 2.74. The Morgan fingerprint density at radius 3 is 2.45 bits per heavy atom. The predicted molar refractivity (Wildman–Crippen MR) is 80.3 cm³/mol. The van der Waals surface area contributed by atoms with Crippen LogP contribution in [0.5, 0.6) is 5.75 Å². The SMILES string of the molecule is C=Cc1cccc(NS(=O)(=O)c2ccc(OC)cc2)c1. The van der Waals surface area contributed by atoms with Crippen LogP contribution in [0.15, 0.2) is 60.0 Å². The summed E-state index contributed by atoms with van der Waals surface area (Å²) in [6, 6.07) is 13.2. The number of anilines is 1. The van der Waals surface area contributed by atoms with Gasteiger partial charge in [0, 0.05) is 5.69 Å². The molecule has 2 rings (SSSR count). The van der Waals surface area contributed by atoms with Crippen molar-refractivity contribution < 1.29 is 13.2 Å². The van der Waals surface area contributed by atoms with E-state index in [2.05, 4.69) is 11.3 Å². The van der Waals surface area contributed by atoms with Crippen molar-refractivity contribution in [2.75, 3.05) is 11.8 Å². The van der Waals surface area contributed by atoms with E-state index >= 15 is 0 Å². The van der Waals surface area contributed by atoms with Crippen LogP contribution in [0, 0.1) is 0 Å². The van der Waals surface area contributed by atoms with Gasteiger partial charge in [0.05, 0.1) is 12.0 Å². The maximum atomic E-state index is 12.2. The first-order chi connectivity index (χ1) is 9.55. The van der Waals surface area contributed by atoms with Crippen LogP contribution in [0.25, 0.3) is 6.08 Å². The monoisotopic (exact) mass is 289 g/mol. The summed E-state index contributed by atoms with van der Waals surface area (Å²) in [5.74, 6) is 0.609. The molecule has 0 bridgehead atoms. The zero-order chi connectivity index (χ0) is 14.6. The summed E-state index contributed by atoms with van der Waals surface area (Å²) in [4.78, 5) is 0.183. The number of benzene rings is 2. The summed E-state index contributed by atoms with van der Waals surface area (Å²) in [6.07, 6.45) is 1.66. The topological polar surface area (TPSA) is 55.4 Å². The normalized spacial score (nSPS) is 10.8. The highest BCUT2D eigenvalue weighted by Gasteiger charge is 2.14. The first-order valence-electron chi connectivity index (χ1n) is 5.94. The molecule has 0 spiro atoms. The molecule has 0 amide bonds. The highest BCUT2D eigenvalue weighted by molar-refractivity contribution is 7.92. The fraction of sp³-hybridized carbons (Fsp3) is 0.0667. The van der Waals surface area contributed by atoms with Crippen LogP contribution in [0.2, 0.25) is 0 Å². The van der Waals surface area contributed by atoms with Gasteiger partial charge >= 0.3 is 0 Å². The Labute approximate surface area is 118 Å². The van der Waals surface area contributed by atoms with Crippen molar-refractivity contribution >= 4 is 21.8 Å². The van der Waals surface area contributed by atoms with Gasteiger partial charge in [-0.05, 0) is 42.0 Å². The Bertz CT molecular complexity index is 706. The molecule has 0 saturated carbocycles. The van der Waals surface area contributed by atoms with E-state index in [-0.39, 0.29) is 4.90 Å². The Morgan fingerprint density at radius 1 is 1.15 bits per heavy atom. The number of rotatable bonds is 5. The van der Waals surface area contributed by atoms with Gasteiger partial charge < -0.3 is 4.74 Å². The first kappa shape index (κ1) is 14.1. The fourth-order valence-electron chi connectivity index (χ4n) is 1.70. The maximum Gasteiger partial charge on any atom is 0.261 e. The van der Waals surface area contributed by atoms with Crippen LogP contribution >= 0.6 is 0 Å². The number of methoxy groups -OCH3 is 1. The Balaban J connectivity index is 2.27. The molecule has 0 heterocycles. The van der Waals surface area contributed by atoms with Crippen molar-refractivity contribution in [3.8, 4) is 5.75 Å². The minimum absolute atomic E-state index is 0.183. The summed E-state index contributed by atoms with van der Waals surface area (Å²) >= 11 is 0. The summed E-state index contributed by atoms with van der Waals surface area (Å²) < 4.78 is 32.0. The fourth-order valence-corrected chi connectivity index (χ4v) is 2.75. The maximum absolute atomic E-state index is 12.2. The van der Waals surface area contributed by atoms with E-state index in [4.69, 9.17) is 4.74 Å². The predicted octanol–water partition coefficient (Wildman–Crippen LogP) is 3.14. The lowest BCUT2D eigenvalue weighted by Crippen LogP contribution is -2.12. The highest BCUT2D eigenvalue weighted by Crippen LogP contribution is 2.20. The molecule has 0 atom stereocenters. The van der Waals surface area contributed by atoms with Gasteiger partial charge in [-0.1, -0.05) is 24.8 Å². The number of nitrogens with one attached hydrogen (secondary N) is 1. The average Bonchev–Trinajstić information content (AvgIpc) is 2.47. The van der Waals surface area contributed by atoms with E-state index in [9.17, 15) is 8.42 Å². The summed E-state index contributed by atoms with van der Waals surface area (Å²) in [7, 11) is -2.07. The number of hydrogen-bond donors (Lipinski definition) is 1. The van der Waals surface area contributed by atoms with Crippen LogP contribution in [0.4, 0.5) is 5.69 Å². The van der Waals surface area contributed by atoms with Crippen molar-refractivity contribution in [1.29, 1.82) is 0 Å². The van der Waals surface area contributed by atoms with Crippen molar-refractivity contribution in [2.24, 2.45) is 0 Å². The standard InChI is InChI=1S/C15H15NO3S/c1-3-12-5-4-6-13(11-12)16-20(17,18)15-9-7-14(19-2)8-10-15/h3-11,16H,1H2,2H3. The molecule has 0 aliphatic heterocycles. The van der Waals surface area contributed by atoms with Gasteiger partial charge in [-0.3, -0.25) is 4.72 Å². The second-order valence-corrected chi connectivity index (χ2v) is 5.79. The van der Waals surface area contributed by atoms with Crippen molar-refractivity contribution in [3.05, 3.63) is 60.7 Å². The lowest BCUT2D eigenvalue weighted by molar-refractivity contribution is 0.414. The molecular formula is C15H15NO3S. The third-order valence-corrected chi connectivity index (χ3v) is 4.14. The third kappa shape index (κ3) is 3.19. The Morgan fingerprint density at radius 2 is 1.85 bits per heavy atom. The molecule has 2 aromatic carbocycles. The molecule has 0 aromatic heterocycles. The largest absolute Gasteiger partial charge is 0.497 e. The quantitative estimate of drug-likeness (QED) is 0.920. The molecule has 20 heavy (non-hydrogen) atoms. The van der Waals surface area contributed by atoms with Gasteiger partial charge in [0.15, 0.2) is 0 Å². The Kier molecular flexibility index (Phi) is 4.10. The van der Waals surface area contributed by atoms with Crippen LogP contribution in [0.3, 0.4) is 0 Å². The van der Waals surface area contributed by atoms with E-state index < -0.39 is 10.0 Å². The Hall–Kier alpha value is -2.27. The molecule has 0 fully saturated rings. The minimum atomic E-state index is -3.60. The summed E-state index contributed by atoms with van der Waals surface area (Å²) in [6.45, 7) is 3.65. The molecule has 1 N–H and O–H groups in total. The smallest absolute Gasteiger partial charge is 0.261 e. The van der Waals surface area contributed by atoms with E-state index in [1.54, 1.807) is 36.4 Å². The van der Waals surface area contributed by atoms with Crippen molar-refractivity contribution in [3.63, 3.8) is 0 Å². The van der Waals surface area contributed by atoms with Gasteiger partial charge in [-0.2, -0.15) is 0 Å². The van der Waals surface area contributed by atoms with Crippen molar-refractivity contribution in [2.45, 2.75) is 4.90 Å². The lowest BCUT2D eigenvalue weighted by Gasteiger charge is -2.09. The van der Waals surface area contributed by atoms with E-state index in [1.165, 1.54) is 19.2 Å². The molecular weight excluding hydrogens is 274 g/mol. The lowest BCUT2D eigenvalue weighted by atomic mass is 10.2. The van der Waals surface area contributed by atoms with Crippen LogP contribution in [0.1, 0.15) is 5.56 Å². The van der Waals surface area contributed by atoms with Crippen LogP contribution < -0.4 is 9.46 Å². The zero-order valence-corrected chi connectivity index (χ0v) is 11.9. The van der Waals surface area contributed by atoms with Gasteiger partial charge in [-0.15, -0.1) is 0 Å². The second-order valence-electron chi connectivity index (χ2n) is 4.11. The summed E-state index contributed by atoms with van der Waals surface area (Å²) in [5, 5.41) is 0. The van der Waals surface area contributed by atoms with Crippen LogP contribution in [-0.2, 0) is 10.0 Å². The van der Waals surface area contributed by atoms with E-state index in [0.29, 0.717) is 11.4 Å². The van der Waals surface area contributed by atoms with E-state index in [1.807, 2.05) is 6.07 Å². The van der Waals surface area contributed by atoms with Crippen molar-refractivity contribution in [1.82, 2.24) is 0 Å². The summed E-state index contributed by atoms with van der Waals surface area (Å²) in [5.41, 5.74) is 1.35. The number of hydrogen-bond acceptors (Lipinski definition) is 3. The molecule has 5 heteroatoms. The first-order valence-corrected chi connectivity index (χ1v) is 7.43.